The van der Waals surface area contributed by atoms with E-state index in [0.717, 1.165) is 6.07 Å². The van der Waals surface area contributed by atoms with Crippen LogP contribution in [0.3, 0.4) is 0 Å². The Balaban J connectivity index is 3.27. The highest BCUT2D eigenvalue weighted by Gasteiger charge is 2.34. The molecule has 0 aliphatic rings. The third-order valence-corrected chi connectivity index (χ3v) is 2.57. The lowest BCUT2D eigenvalue weighted by Gasteiger charge is -2.16. The van der Waals surface area contributed by atoms with E-state index in [9.17, 15) is 13.2 Å². The number of methoxy groups -OCH3 is 2. The Morgan fingerprint density at radius 1 is 1.11 bits per heavy atom. The molecule has 0 radical (unpaired) electrons. The van der Waals surface area contributed by atoms with Crippen molar-refractivity contribution >= 4 is 0 Å². The van der Waals surface area contributed by atoms with Crippen molar-refractivity contribution < 1.29 is 22.6 Å². The Labute approximate surface area is 104 Å². The number of hydrogen-bond acceptors (Lipinski definition) is 3. The van der Waals surface area contributed by atoms with Crippen LogP contribution in [0.1, 0.15) is 17.5 Å². The van der Waals surface area contributed by atoms with Crippen LogP contribution in [0.2, 0.25) is 0 Å². The molecular weight excluding hydrogens is 247 g/mol. The highest BCUT2D eigenvalue weighted by atomic mass is 19.4. The van der Waals surface area contributed by atoms with E-state index < -0.39 is 11.7 Å². The maximum Gasteiger partial charge on any atom is 0.416 e. The second-order valence-corrected chi connectivity index (χ2v) is 3.75. The van der Waals surface area contributed by atoms with Crippen LogP contribution in [-0.4, -0.2) is 20.8 Å². The number of benzene rings is 1. The highest BCUT2D eigenvalue weighted by molar-refractivity contribution is 5.48. The Kier molecular flexibility index (Phi) is 4.84. The van der Waals surface area contributed by atoms with Gasteiger partial charge in [0.05, 0.1) is 19.8 Å². The van der Waals surface area contributed by atoms with Crippen LogP contribution < -0.4 is 15.2 Å². The Hall–Kier alpha value is -1.43. The van der Waals surface area contributed by atoms with Crippen molar-refractivity contribution in [3.05, 3.63) is 23.3 Å². The molecule has 3 nitrogen and oxygen atoms in total. The van der Waals surface area contributed by atoms with Gasteiger partial charge in [-0.2, -0.15) is 13.2 Å². The van der Waals surface area contributed by atoms with Crippen LogP contribution in [-0.2, 0) is 12.6 Å². The van der Waals surface area contributed by atoms with Gasteiger partial charge >= 0.3 is 6.18 Å². The molecule has 1 aromatic rings. The first kappa shape index (κ1) is 14.6. The molecule has 0 fully saturated rings. The molecule has 0 bridgehead atoms. The summed E-state index contributed by atoms with van der Waals surface area (Å²) in [4.78, 5) is 0. The summed E-state index contributed by atoms with van der Waals surface area (Å²) in [7, 11) is 2.69. The van der Waals surface area contributed by atoms with Crippen molar-refractivity contribution in [3.63, 3.8) is 0 Å². The van der Waals surface area contributed by atoms with Crippen molar-refractivity contribution in [1.82, 2.24) is 0 Å². The van der Waals surface area contributed by atoms with Gasteiger partial charge in [0, 0.05) is 0 Å². The minimum atomic E-state index is -4.41. The highest BCUT2D eigenvalue weighted by Crippen LogP contribution is 2.39. The molecule has 0 unspecified atom stereocenters. The van der Waals surface area contributed by atoms with Gasteiger partial charge in [-0.3, -0.25) is 0 Å². The molecule has 0 heterocycles. The molecule has 0 aliphatic heterocycles. The monoisotopic (exact) mass is 263 g/mol. The first-order valence-corrected chi connectivity index (χ1v) is 5.46. The Morgan fingerprint density at radius 2 is 1.67 bits per heavy atom. The van der Waals surface area contributed by atoms with Crippen molar-refractivity contribution in [2.75, 3.05) is 20.8 Å². The van der Waals surface area contributed by atoms with Crippen LogP contribution in [0, 0.1) is 0 Å². The van der Waals surface area contributed by atoms with Gasteiger partial charge in [0.2, 0.25) is 0 Å². The first-order valence-electron chi connectivity index (χ1n) is 5.46. The molecule has 2 N–H and O–H groups in total. The third kappa shape index (κ3) is 3.29. The van der Waals surface area contributed by atoms with E-state index in [0.29, 0.717) is 13.0 Å². The van der Waals surface area contributed by atoms with Gasteiger partial charge < -0.3 is 15.2 Å². The second kappa shape index (κ2) is 5.95. The number of ether oxygens (including phenoxy) is 2. The minimum absolute atomic E-state index is 0.0707. The molecule has 0 atom stereocenters. The van der Waals surface area contributed by atoms with Gasteiger partial charge in [0.25, 0.3) is 0 Å². The van der Waals surface area contributed by atoms with Gasteiger partial charge in [-0.1, -0.05) is 0 Å². The van der Waals surface area contributed by atoms with Crippen molar-refractivity contribution in [2.24, 2.45) is 5.73 Å². The lowest BCUT2D eigenvalue weighted by atomic mass is 10.0. The molecule has 0 saturated heterocycles. The molecule has 18 heavy (non-hydrogen) atoms. The Bertz CT molecular complexity index is 405. The smallest absolute Gasteiger partial charge is 0.416 e. The van der Waals surface area contributed by atoms with Gasteiger partial charge in [-0.05, 0) is 37.1 Å². The fourth-order valence-electron chi connectivity index (χ4n) is 1.68. The van der Waals surface area contributed by atoms with Gasteiger partial charge in [0.1, 0.15) is 0 Å². The summed E-state index contributed by atoms with van der Waals surface area (Å²) in [5.74, 6) is 0.360. The zero-order valence-electron chi connectivity index (χ0n) is 10.3. The number of rotatable bonds is 5. The average Bonchev–Trinajstić information content (AvgIpc) is 2.33. The van der Waals surface area contributed by atoms with Gasteiger partial charge in [-0.25, -0.2) is 0 Å². The number of alkyl halides is 3. The summed E-state index contributed by atoms with van der Waals surface area (Å²) in [5.41, 5.74) is 4.80. The summed E-state index contributed by atoms with van der Waals surface area (Å²) < 4.78 is 48.6. The van der Waals surface area contributed by atoms with Gasteiger partial charge in [0.15, 0.2) is 11.5 Å². The summed E-state index contributed by atoms with van der Waals surface area (Å²) in [5, 5.41) is 0. The summed E-state index contributed by atoms with van der Waals surface area (Å²) in [6.45, 7) is 0.339. The largest absolute Gasteiger partial charge is 0.493 e. The molecule has 0 aromatic heterocycles. The predicted molar refractivity (Wildman–Crippen MR) is 61.9 cm³/mol. The molecule has 0 spiro atoms. The lowest BCUT2D eigenvalue weighted by Crippen LogP contribution is -2.11. The fourth-order valence-corrected chi connectivity index (χ4v) is 1.68. The molecular formula is C12H16F3NO2. The van der Waals surface area contributed by atoms with Crippen LogP contribution in [0.5, 0.6) is 11.5 Å². The fraction of sp³-hybridized carbons (Fsp3) is 0.500. The van der Waals surface area contributed by atoms with Crippen LogP contribution in [0.25, 0.3) is 0 Å². The molecule has 6 heteroatoms. The number of aryl methyl sites for hydroxylation is 1. The van der Waals surface area contributed by atoms with Crippen molar-refractivity contribution in [2.45, 2.75) is 19.0 Å². The van der Waals surface area contributed by atoms with Crippen LogP contribution >= 0.6 is 0 Å². The van der Waals surface area contributed by atoms with E-state index >= 15 is 0 Å². The van der Waals surface area contributed by atoms with Crippen LogP contribution in [0.4, 0.5) is 13.2 Å². The van der Waals surface area contributed by atoms with E-state index in [-0.39, 0.29) is 23.5 Å². The first-order chi connectivity index (χ1) is 8.43. The summed E-state index contributed by atoms with van der Waals surface area (Å²) >= 11 is 0. The molecule has 0 saturated carbocycles. The topological polar surface area (TPSA) is 44.5 Å². The SMILES string of the molecule is COc1cc(CCCN)c(C(F)(F)F)cc1OC. The number of halogens is 3. The van der Waals surface area contributed by atoms with Gasteiger partial charge in [-0.15, -0.1) is 0 Å². The molecule has 102 valence electrons. The number of hydrogen-bond donors (Lipinski definition) is 1. The maximum absolute atomic E-state index is 12.9. The second-order valence-electron chi connectivity index (χ2n) is 3.75. The normalized spacial score (nSPS) is 11.4. The van der Waals surface area contributed by atoms with Crippen LogP contribution in [0.15, 0.2) is 12.1 Å². The third-order valence-electron chi connectivity index (χ3n) is 2.57. The molecule has 1 rings (SSSR count). The van der Waals surface area contributed by atoms with E-state index in [2.05, 4.69) is 0 Å². The minimum Gasteiger partial charge on any atom is -0.493 e. The van der Waals surface area contributed by atoms with E-state index in [1.165, 1.54) is 20.3 Å². The molecule has 1 aromatic carbocycles. The zero-order valence-corrected chi connectivity index (χ0v) is 10.3. The lowest BCUT2D eigenvalue weighted by molar-refractivity contribution is -0.138. The van der Waals surface area contributed by atoms with Crippen molar-refractivity contribution in [1.29, 1.82) is 0 Å². The number of nitrogens with two attached hydrogens (primary N) is 1. The maximum atomic E-state index is 12.9. The average molecular weight is 263 g/mol. The Morgan fingerprint density at radius 3 is 2.11 bits per heavy atom. The quantitative estimate of drug-likeness (QED) is 0.888. The molecule has 0 amide bonds. The van der Waals surface area contributed by atoms with E-state index in [1.807, 2.05) is 0 Å². The summed E-state index contributed by atoms with van der Waals surface area (Å²) in [6.07, 6.45) is -3.67. The van der Waals surface area contributed by atoms with Crippen molar-refractivity contribution in [3.8, 4) is 11.5 Å². The predicted octanol–water partition coefficient (Wildman–Crippen LogP) is 2.61. The standard InChI is InChI=1S/C12H16F3NO2/c1-17-10-6-8(4-3-5-16)9(12(13,14)15)7-11(10)18-2/h6-7H,3-5,16H2,1-2H3. The zero-order chi connectivity index (χ0) is 13.8. The molecule has 0 aliphatic carbocycles. The van der Waals surface area contributed by atoms with E-state index in [1.54, 1.807) is 0 Å². The summed E-state index contributed by atoms with van der Waals surface area (Å²) in [6, 6.07) is 2.32. The van der Waals surface area contributed by atoms with E-state index in [4.69, 9.17) is 15.2 Å².